The molecule has 22 heavy (non-hydrogen) atoms. The smallest absolute Gasteiger partial charge is 0.457 e. The van der Waals surface area contributed by atoms with Crippen LogP contribution < -0.4 is 4.74 Å². The maximum absolute atomic E-state index is 12.2. The van der Waals surface area contributed by atoms with Gasteiger partial charge in [-0.3, -0.25) is 4.79 Å². The summed E-state index contributed by atoms with van der Waals surface area (Å²) in [5, 5.41) is 0. The Hall–Kier alpha value is -1.93. The van der Waals surface area contributed by atoms with Crippen molar-refractivity contribution in [2.45, 2.75) is 37.9 Å². The lowest BCUT2D eigenvalue weighted by atomic mass is 10.1. The number of ether oxygens (including phenoxy) is 2. The Balaban J connectivity index is 2.10. The van der Waals surface area contributed by atoms with E-state index in [0.717, 1.165) is 12.1 Å². The maximum Gasteiger partial charge on any atom is 0.573 e. The Morgan fingerprint density at radius 3 is 2.45 bits per heavy atom. The van der Waals surface area contributed by atoms with E-state index < -0.39 is 36.8 Å². The van der Waals surface area contributed by atoms with Crippen LogP contribution in [0, 0.1) is 0 Å². The monoisotopic (exact) mass is 328 g/mol. The van der Waals surface area contributed by atoms with Crippen molar-refractivity contribution in [1.82, 2.24) is 0 Å². The fourth-order valence-corrected chi connectivity index (χ4v) is 2.23. The number of halogens is 6. The molecule has 1 atom stereocenters. The summed E-state index contributed by atoms with van der Waals surface area (Å²) in [6, 6.07) is 3.50. The number of esters is 1. The minimum Gasteiger partial charge on any atom is -0.457 e. The van der Waals surface area contributed by atoms with Crippen LogP contribution in [-0.2, 0) is 16.0 Å². The van der Waals surface area contributed by atoms with E-state index in [0.29, 0.717) is 12.0 Å². The van der Waals surface area contributed by atoms with Gasteiger partial charge in [-0.05, 0) is 36.1 Å². The zero-order valence-electron chi connectivity index (χ0n) is 10.9. The zero-order chi connectivity index (χ0) is 16.5. The predicted octanol–water partition coefficient (Wildman–Crippen LogP) is 4.07. The van der Waals surface area contributed by atoms with E-state index in [4.69, 9.17) is 4.74 Å². The third-order valence-corrected chi connectivity index (χ3v) is 2.99. The van der Waals surface area contributed by atoms with Gasteiger partial charge >= 0.3 is 18.5 Å². The lowest BCUT2D eigenvalue weighted by Crippen LogP contribution is -2.19. The topological polar surface area (TPSA) is 35.5 Å². The van der Waals surface area contributed by atoms with Gasteiger partial charge in [0.05, 0.1) is 0 Å². The Labute approximate surface area is 120 Å². The molecule has 1 aliphatic carbocycles. The Bertz CT molecular complexity index is 564. The first-order valence-corrected chi connectivity index (χ1v) is 6.18. The summed E-state index contributed by atoms with van der Waals surface area (Å²) < 4.78 is 81.1. The number of hydrogen-bond donors (Lipinski definition) is 0. The molecule has 2 rings (SSSR count). The molecule has 9 heteroatoms. The number of aryl methyl sites for hydroxylation is 1. The summed E-state index contributed by atoms with van der Waals surface area (Å²) in [5.41, 5.74) is 0.844. The summed E-state index contributed by atoms with van der Waals surface area (Å²) in [5.74, 6) is -1.97. The molecule has 0 saturated heterocycles. The minimum atomic E-state index is -4.88. The van der Waals surface area contributed by atoms with Gasteiger partial charge in [0, 0.05) is 0 Å². The quantitative estimate of drug-likeness (QED) is 0.620. The van der Waals surface area contributed by atoms with Crippen LogP contribution in [-0.4, -0.2) is 18.5 Å². The maximum atomic E-state index is 12.2. The largest absolute Gasteiger partial charge is 0.573 e. The average molecular weight is 328 g/mol. The first-order valence-electron chi connectivity index (χ1n) is 6.18. The van der Waals surface area contributed by atoms with Gasteiger partial charge < -0.3 is 9.47 Å². The van der Waals surface area contributed by atoms with Crippen LogP contribution in [0.1, 0.15) is 30.1 Å². The molecular weight excluding hydrogens is 318 g/mol. The van der Waals surface area contributed by atoms with Gasteiger partial charge in [0.2, 0.25) is 0 Å². The molecule has 0 heterocycles. The second-order valence-corrected chi connectivity index (χ2v) is 4.72. The second-order valence-electron chi connectivity index (χ2n) is 4.72. The van der Waals surface area contributed by atoms with E-state index in [2.05, 4.69) is 4.74 Å². The van der Waals surface area contributed by atoms with Crippen molar-refractivity contribution in [2.75, 3.05) is 0 Å². The number of hydrogen-bond acceptors (Lipinski definition) is 3. The van der Waals surface area contributed by atoms with Gasteiger partial charge in [0.25, 0.3) is 0 Å². The first kappa shape index (κ1) is 16.4. The highest BCUT2D eigenvalue weighted by atomic mass is 19.4. The molecule has 0 radical (unpaired) electrons. The summed E-state index contributed by atoms with van der Waals surface area (Å²) in [6.45, 7) is 0. The van der Waals surface area contributed by atoms with E-state index in [1.807, 2.05) is 0 Å². The number of carbonyl (C=O) groups excluding carboxylic acids is 1. The number of fused-ring (bicyclic) bond motifs is 1. The number of benzene rings is 1. The Morgan fingerprint density at radius 1 is 1.18 bits per heavy atom. The van der Waals surface area contributed by atoms with Gasteiger partial charge in [0.15, 0.2) is 0 Å². The van der Waals surface area contributed by atoms with Crippen molar-refractivity contribution in [3.05, 3.63) is 29.3 Å². The SMILES string of the molecule is O=C(CC(F)(F)F)OC1CCc2ccc(OC(F)(F)F)cc21. The van der Waals surface area contributed by atoms with Crippen molar-refractivity contribution in [3.8, 4) is 5.75 Å². The summed E-state index contributed by atoms with van der Waals surface area (Å²) in [7, 11) is 0. The number of alkyl halides is 6. The van der Waals surface area contributed by atoms with Gasteiger partial charge in [-0.15, -0.1) is 13.2 Å². The van der Waals surface area contributed by atoms with E-state index >= 15 is 0 Å². The molecule has 0 bridgehead atoms. The molecule has 1 aliphatic rings. The fraction of sp³-hybridized carbons (Fsp3) is 0.462. The van der Waals surface area contributed by atoms with Crippen molar-refractivity contribution in [3.63, 3.8) is 0 Å². The van der Waals surface area contributed by atoms with Gasteiger partial charge in [-0.2, -0.15) is 13.2 Å². The van der Waals surface area contributed by atoms with Crippen molar-refractivity contribution >= 4 is 5.97 Å². The zero-order valence-corrected chi connectivity index (χ0v) is 10.9. The van der Waals surface area contributed by atoms with Crippen LogP contribution >= 0.6 is 0 Å². The molecule has 0 aromatic heterocycles. The van der Waals surface area contributed by atoms with E-state index in [-0.39, 0.29) is 12.0 Å². The van der Waals surface area contributed by atoms with Crippen LogP contribution in [0.25, 0.3) is 0 Å². The lowest BCUT2D eigenvalue weighted by Gasteiger charge is -2.16. The van der Waals surface area contributed by atoms with E-state index in [1.165, 1.54) is 6.07 Å². The highest BCUT2D eigenvalue weighted by molar-refractivity contribution is 5.70. The van der Waals surface area contributed by atoms with Crippen LogP contribution in [0.15, 0.2) is 18.2 Å². The third kappa shape index (κ3) is 4.54. The lowest BCUT2D eigenvalue weighted by molar-refractivity contribution is -0.274. The number of carbonyl (C=O) groups is 1. The number of rotatable bonds is 3. The minimum absolute atomic E-state index is 0.217. The highest BCUT2D eigenvalue weighted by Crippen LogP contribution is 2.38. The van der Waals surface area contributed by atoms with E-state index in [1.54, 1.807) is 0 Å². The predicted molar refractivity (Wildman–Crippen MR) is 61.0 cm³/mol. The molecule has 122 valence electrons. The summed E-state index contributed by atoms with van der Waals surface area (Å²) in [4.78, 5) is 11.2. The van der Waals surface area contributed by atoms with Gasteiger partial charge in [-0.1, -0.05) is 6.07 Å². The Kier molecular flexibility index (Phi) is 4.25. The third-order valence-electron chi connectivity index (χ3n) is 2.99. The van der Waals surface area contributed by atoms with Crippen molar-refractivity contribution < 1.29 is 40.6 Å². The van der Waals surface area contributed by atoms with Crippen molar-refractivity contribution in [1.29, 1.82) is 0 Å². The highest BCUT2D eigenvalue weighted by Gasteiger charge is 2.36. The molecule has 1 aromatic rings. The molecule has 0 spiro atoms. The molecule has 0 aliphatic heterocycles. The normalized spacial score (nSPS) is 18.0. The standard InChI is InChI=1S/C13H10F6O3/c14-12(15,16)6-11(20)21-10-4-2-7-1-3-8(5-9(7)10)22-13(17,18)19/h1,3,5,10H,2,4,6H2. The molecule has 0 amide bonds. The molecule has 0 saturated carbocycles. The first-order chi connectivity index (χ1) is 10.0. The van der Waals surface area contributed by atoms with Gasteiger partial charge in [0.1, 0.15) is 18.3 Å². The molecule has 1 unspecified atom stereocenters. The second kappa shape index (κ2) is 5.69. The molecule has 3 nitrogen and oxygen atoms in total. The van der Waals surface area contributed by atoms with E-state index in [9.17, 15) is 31.1 Å². The van der Waals surface area contributed by atoms with Crippen LogP contribution in [0.3, 0.4) is 0 Å². The van der Waals surface area contributed by atoms with Crippen LogP contribution in [0.2, 0.25) is 0 Å². The fourth-order valence-electron chi connectivity index (χ4n) is 2.23. The van der Waals surface area contributed by atoms with Crippen molar-refractivity contribution in [2.24, 2.45) is 0 Å². The molecule has 1 aromatic carbocycles. The summed E-state index contributed by atoms with van der Waals surface area (Å²) in [6.07, 6.45) is -11.7. The summed E-state index contributed by atoms with van der Waals surface area (Å²) >= 11 is 0. The molecule has 0 fully saturated rings. The van der Waals surface area contributed by atoms with Gasteiger partial charge in [-0.25, -0.2) is 0 Å². The van der Waals surface area contributed by atoms with Crippen LogP contribution in [0.4, 0.5) is 26.3 Å². The molecule has 0 N–H and O–H groups in total. The Morgan fingerprint density at radius 2 is 1.86 bits per heavy atom. The van der Waals surface area contributed by atoms with Crippen LogP contribution in [0.5, 0.6) is 5.75 Å². The average Bonchev–Trinajstić information content (AvgIpc) is 2.67. The molecular formula is C13H10F6O3.